The molecule has 0 bridgehead atoms. The smallest absolute Gasteiger partial charge is 0.234 e. The summed E-state index contributed by atoms with van der Waals surface area (Å²) < 4.78 is 1.74. The predicted octanol–water partition coefficient (Wildman–Crippen LogP) is 2.82. The summed E-state index contributed by atoms with van der Waals surface area (Å²) in [5.41, 5.74) is 2.89. The third kappa shape index (κ3) is 2.27. The van der Waals surface area contributed by atoms with Gasteiger partial charge in [-0.1, -0.05) is 23.5 Å². The highest BCUT2D eigenvalue weighted by Gasteiger charge is 2.29. The molecule has 0 saturated heterocycles. The van der Waals surface area contributed by atoms with Gasteiger partial charge in [-0.05, 0) is 38.3 Å². The van der Waals surface area contributed by atoms with E-state index in [1.54, 1.807) is 4.52 Å². The van der Waals surface area contributed by atoms with Gasteiger partial charge in [-0.15, -0.1) is 10.2 Å². The van der Waals surface area contributed by atoms with Crippen LogP contribution in [0.15, 0.2) is 18.2 Å². The number of nitrogens with zero attached hydrogens (tertiary/aromatic N) is 4. The van der Waals surface area contributed by atoms with E-state index in [0.29, 0.717) is 0 Å². The van der Waals surface area contributed by atoms with Crippen molar-refractivity contribution in [2.24, 2.45) is 5.92 Å². The molecule has 1 amide bonds. The van der Waals surface area contributed by atoms with Gasteiger partial charge >= 0.3 is 0 Å². The van der Waals surface area contributed by atoms with Gasteiger partial charge in [0.05, 0.1) is 0 Å². The van der Waals surface area contributed by atoms with Gasteiger partial charge in [-0.2, -0.15) is 9.61 Å². The standard InChI is InChI=1S/C15H15N5OS/c1-8-3-4-11(7-12(8)16-13(21)10-5-6-10)14-19-20-9(2)17-18-15(20)22-14/h3-4,7,10H,5-6H2,1-2H3,(H,16,21). The first-order valence-corrected chi connectivity index (χ1v) is 8.04. The molecular formula is C15H15N5OS. The highest BCUT2D eigenvalue weighted by molar-refractivity contribution is 7.19. The molecule has 1 N–H and O–H groups in total. The number of carbonyl (C=O) groups excluding carboxylic acids is 1. The Labute approximate surface area is 131 Å². The summed E-state index contributed by atoms with van der Waals surface area (Å²) in [4.78, 5) is 12.7. The van der Waals surface area contributed by atoms with Crippen molar-refractivity contribution in [2.45, 2.75) is 26.7 Å². The molecule has 4 rings (SSSR count). The average Bonchev–Trinajstić information content (AvgIpc) is 3.18. The van der Waals surface area contributed by atoms with Crippen LogP contribution < -0.4 is 5.32 Å². The highest BCUT2D eigenvalue weighted by Crippen LogP contribution is 2.32. The number of hydrogen-bond donors (Lipinski definition) is 1. The van der Waals surface area contributed by atoms with E-state index in [1.165, 1.54) is 11.3 Å². The van der Waals surface area contributed by atoms with Crippen LogP contribution in [-0.2, 0) is 4.79 Å². The van der Waals surface area contributed by atoms with Gasteiger partial charge in [0.15, 0.2) is 5.82 Å². The van der Waals surface area contributed by atoms with E-state index in [1.807, 2.05) is 32.0 Å². The topological polar surface area (TPSA) is 72.2 Å². The Kier molecular flexibility index (Phi) is 2.97. The van der Waals surface area contributed by atoms with Gasteiger partial charge < -0.3 is 5.32 Å². The zero-order chi connectivity index (χ0) is 15.3. The molecule has 0 radical (unpaired) electrons. The first kappa shape index (κ1) is 13.4. The minimum absolute atomic E-state index is 0.120. The molecule has 2 aromatic heterocycles. The van der Waals surface area contributed by atoms with Crippen molar-refractivity contribution in [2.75, 3.05) is 5.32 Å². The number of aromatic nitrogens is 4. The van der Waals surface area contributed by atoms with Crippen molar-refractivity contribution in [3.8, 4) is 10.6 Å². The molecule has 0 unspecified atom stereocenters. The van der Waals surface area contributed by atoms with Crippen molar-refractivity contribution >= 4 is 27.9 Å². The Morgan fingerprint density at radius 3 is 2.86 bits per heavy atom. The molecule has 2 heterocycles. The Morgan fingerprint density at radius 2 is 2.14 bits per heavy atom. The Hall–Kier alpha value is -2.28. The van der Waals surface area contributed by atoms with E-state index in [2.05, 4.69) is 20.6 Å². The summed E-state index contributed by atoms with van der Waals surface area (Å²) in [5, 5.41) is 16.5. The van der Waals surface area contributed by atoms with Crippen molar-refractivity contribution in [3.63, 3.8) is 0 Å². The number of carbonyl (C=O) groups is 1. The molecule has 112 valence electrons. The monoisotopic (exact) mass is 313 g/mol. The lowest BCUT2D eigenvalue weighted by atomic mass is 10.1. The van der Waals surface area contributed by atoms with Crippen molar-refractivity contribution in [3.05, 3.63) is 29.6 Å². The van der Waals surface area contributed by atoms with E-state index in [4.69, 9.17) is 0 Å². The fraction of sp³-hybridized carbons (Fsp3) is 0.333. The van der Waals surface area contributed by atoms with Crippen LogP contribution in [0.3, 0.4) is 0 Å². The summed E-state index contributed by atoms with van der Waals surface area (Å²) >= 11 is 1.49. The summed E-state index contributed by atoms with van der Waals surface area (Å²) in [7, 11) is 0. The van der Waals surface area contributed by atoms with E-state index >= 15 is 0 Å². The van der Waals surface area contributed by atoms with Crippen LogP contribution in [-0.4, -0.2) is 25.7 Å². The fourth-order valence-corrected chi connectivity index (χ4v) is 3.18. The molecular weight excluding hydrogens is 298 g/mol. The van der Waals surface area contributed by atoms with Gasteiger partial charge in [0, 0.05) is 17.2 Å². The molecule has 0 atom stereocenters. The van der Waals surface area contributed by atoms with Crippen LogP contribution in [0.4, 0.5) is 5.69 Å². The molecule has 1 aliphatic rings. The molecule has 7 heteroatoms. The number of amides is 1. The summed E-state index contributed by atoms with van der Waals surface area (Å²) in [5.74, 6) is 1.08. The fourth-order valence-electron chi connectivity index (χ4n) is 2.30. The lowest BCUT2D eigenvalue weighted by molar-refractivity contribution is -0.117. The number of fused-ring (bicyclic) bond motifs is 1. The van der Waals surface area contributed by atoms with E-state index in [0.717, 1.165) is 45.4 Å². The van der Waals surface area contributed by atoms with Gasteiger partial charge in [0.1, 0.15) is 5.01 Å². The molecule has 1 saturated carbocycles. The third-order valence-corrected chi connectivity index (χ3v) is 4.79. The van der Waals surface area contributed by atoms with Gasteiger partial charge in [-0.25, -0.2) is 0 Å². The molecule has 3 aromatic rings. The number of anilines is 1. The first-order chi connectivity index (χ1) is 10.6. The normalized spacial score (nSPS) is 14.5. The van der Waals surface area contributed by atoms with Gasteiger partial charge in [0.2, 0.25) is 10.9 Å². The zero-order valence-corrected chi connectivity index (χ0v) is 13.1. The van der Waals surface area contributed by atoms with Crippen LogP contribution in [0.1, 0.15) is 24.2 Å². The van der Waals surface area contributed by atoms with Crippen LogP contribution in [0.25, 0.3) is 15.5 Å². The summed E-state index contributed by atoms with van der Waals surface area (Å²) in [6.07, 6.45) is 2.00. The number of hydrogen-bond acceptors (Lipinski definition) is 5. The maximum atomic E-state index is 12.0. The predicted molar refractivity (Wildman–Crippen MR) is 84.9 cm³/mol. The molecule has 1 fully saturated rings. The van der Waals surface area contributed by atoms with Crippen molar-refractivity contribution < 1.29 is 4.79 Å². The van der Waals surface area contributed by atoms with Crippen LogP contribution in [0.2, 0.25) is 0 Å². The quantitative estimate of drug-likeness (QED) is 0.807. The second-order valence-corrected chi connectivity index (χ2v) is 6.60. The number of aryl methyl sites for hydroxylation is 2. The average molecular weight is 313 g/mol. The highest BCUT2D eigenvalue weighted by atomic mass is 32.1. The van der Waals surface area contributed by atoms with Crippen molar-refractivity contribution in [1.82, 2.24) is 19.8 Å². The number of benzene rings is 1. The Bertz CT molecular complexity index is 877. The molecule has 0 spiro atoms. The number of rotatable bonds is 3. The first-order valence-electron chi connectivity index (χ1n) is 7.22. The van der Waals surface area contributed by atoms with Crippen LogP contribution in [0, 0.1) is 19.8 Å². The maximum absolute atomic E-state index is 12.0. The third-order valence-electron chi connectivity index (χ3n) is 3.84. The summed E-state index contributed by atoms with van der Waals surface area (Å²) in [6, 6.07) is 6.01. The second-order valence-electron chi connectivity index (χ2n) is 5.64. The SMILES string of the molecule is Cc1ccc(-c2nn3c(C)nnc3s2)cc1NC(=O)C1CC1. The molecule has 1 aromatic carbocycles. The molecule has 6 nitrogen and oxygen atoms in total. The molecule has 0 aliphatic heterocycles. The second kappa shape index (κ2) is 4.88. The zero-order valence-electron chi connectivity index (χ0n) is 12.3. The molecule has 1 aliphatic carbocycles. The van der Waals surface area contributed by atoms with E-state index < -0.39 is 0 Å². The Morgan fingerprint density at radius 1 is 1.32 bits per heavy atom. The van der Waals surface area contributed by atoms with Crippen LogP contribution >= 0.6 is 11.3 Å². The summed E-state index contributed by atoms with van der Waals surface area (Å²) in [6.45, 7) is 3.87. The largest absolute Gasteiger partial charge is 0.326 e. The van der Waals surface area contributed by atoms with E-state index in [9.17, 15) is 4.79 Å². The minimum atomic E-state index is 0.120. The van der Waals surface area contributed by atoms with Crippen LogP contribution in [0.5, 0.6) is 0 Å². The van der Waals surface area contributed by atoms with Crippen molar-refractivity contribution in [1.29, 1.82) is 0 Å². The maximum Gasteiger partial charge on any atom is 0.234 e. The lowest BCUT2D eigenvalue weighted by Crippen LogP contribution is -2.14. The minimum Gasteiger partial charge on any atom is -0.326 e. The molecule has 22 heavy (non-hydrogen) atoms. The lowest BCUT2D eigenvalue weighted by Gasteiger charge is -2.09. The number of nitrogens with one attached hydrogen (secondary N) is 1. The van der Waals surface area contributed by atoms with Gasteiger partial charge in [0.25, 0.3) is 0 Å². The van der Waals surface area contributed by atoms with Gasteiger partial charge in [-0.3, -0.25) is 4.79 Å². The Balaban J connectivity index is 1.70. The van der Waals surface area contributed by atoms with E-state index in [-0.39, 0.29) is 11.8 Å².